The first-order valence-corrected chi connectivity index (χ1v) is 6.59. The van der Waals surface area contributed by atoms with Gasteiger partial charge < -0.3 is 10.6 Å². The van der Waals surface area contributed by atoms with Crippen molar-refractivity contribution in [2.45, 2.75) is 12.5 Å². The Kier molecular flexibility index (Phi) is 3.90. The maximum atomic E-state index is 12.2. The molecule has 1 amide bonds. The molecule has 0 aliphatic carbocycles. The zero-order valence-corrected chi connectivity index (χ0v) is 11.5. The Bertz CT molecular complexity index is 536. The largest absolute Gasteiger partial charge is 0.336 e. The molecule has 3 nitrogen and oxygen atoms in total. The molecule has 2 aromatic rings. The van der Waals surface area contributed by atoms with Crippen LogP contribution in [0.3, 0.4) is 0 Å². The number of likely N-dealkylation sites (tertiary alicyclic amines) is 1. The van der Waals surface area contributed by atoms with Crippen LogP contribution in [0, 0.1) is 0 Å². The summed E-state index contributed by atoms with van der Waals surface area (Å²) in [6, 6.07) is 10.2. The standard InChI is InChI=1S/C13H14N2OS.ClH/c14-10-5-6-15(8-10)13(16)12-7-9-3-1-2-4-11(9)17-12;/h1-4,7,10H,5-6,8,14H2;1H. The predicted molar refractivity (Wildman–Crippen MR) is 77.6 cm³/mol. The molecule has 1 unspecified atom stereocenters. The second-order valence-corrected chi connectivity index (χ2v) is 5.53. The fourth-order valence-electron chi connectivity index (χ4n) is 2.21. The van der Waals surface area contributed by atoms with Crippen LogP contribution in [-0.2, 0) is 0 Å². The van der Waals surface area contributed by atoms with Gasteiger partial charge in [-0.1, -0.05) is 18.2 Å². The van der Waals surface area contributed by atoms with Gasteiger partial charge >= 0.3 is 0 Å². The number of halogens is 1. The second kappa shape index (κ2) is 5.26. The van der Waals surface area contributed by atoms with Crippen molar-refractivity contribution in [2.24, 2.45) is 5.73 Å². The summed E-state index contributed by atoms with van der Waals surface area (Å²) < 4.78 is 1.17. The van der Waals surface area contributed by atoms with Crippen LogP contribution in [0.5, 0.6) is 0 Å². The number of thiophene rings is 1. The third-order valence-corrected chi connectivity index (χ3v) is 4.25. The van der Waals surface area contributed by atoms with E-state index in [1.165, 1.54) is 4.70 Å². The summed E-state index contributed by atoms with van der Waals surface area (Å²) in [5.74, 6) is 0.124. The number of hydrogen-bond acceptors (Lipinski definition) is 3. The number of amides is 1. The van der Waals surface area contributed by atoms with Crippen molar-refractivity contribution < 1.29 is 4.79 Å². The number of benzene rings is 1. The van der Waals surface area contributed by atoms with E-state index in [-0.39, 0.29) is 24.4 Å². The Morgan fingerprint density at radius 2 is 2.17 bits per heavy atom. The number of nitrogens with zero attached hydrogens (tertiary/aromatic N) is 1. The first-order valence-electron chi connectivity index (χ1n) is 5.77. The minimum atomic E-state index is 0. The highest BCUT2D eigenvalue weighted by atomic mass is 35.5. The van der Waals surface area contributed by atoms with Gasteiger partial charge in [-0.25, -0.2) is 0 Å². The minimum absolute atomic E-state index is 0. The lowest BCUT2D eigenvalue weighted by molar-refractivity contribution is 0.0795. The van der Waals surface area contributed by atoms with Crippen LogP contribution >= 0.6 is 23.7 Å². The zero-order valence-electron chi connectivity index (χ0n) is 9.83. The highest BCUT2D eigenvalue weighted by Gasteiger charge is 2.25. The molecule has 1 aromatic carbocycles. The van der Waals surface area contributed by atoms with Crippen LogP contribution in [0.2, 0.25) is 0 Å². The molecule has 2 N–H and O–H groups in total. The van der Waals surface area contributed by atoms with Gasteiger partial charge in [0.2, 0.25) is 0 Å². The third kappa shape index (κ3) is 2.36. The molecule has 5 heteroatoms. The first-order chi connectivity index (χ1) is 8.24. The summed E-state index contributed by atoms with van der Waals surface area (Å²) in [6.07, 6.45) is 0.913. The van der Waals surface area contributed by atoms with Gasteiger partial charge in [-0.15, -0.1) is 23.7 Å². The summed E-state index contributed by atoms with van der Waals surface area (Å²) in [5, 5.41) is 1.14. The molecule has 1 saturated heterocycles. The topological polar surface area (TPSA) is 46.3 Å². The molecule has 0 spiro atoms. The number of fused-ring (bicyclic) bond motifs is 1. The molecule has 3 rings (SSSR count). The fraction of sp³-hybridized carbons (Fsp3) is 0.308. The zero-order chi connectivity index (χ0) is 11.8. The molecule has 1 fully saturated rings. The van der Waals surface area contributed by atoms with E-state index in [1.807, 2.05) is 35.2 Å². The van der Waals surface area contributed by atoms with E-state index in [0.717, 1.165) is 23.2 Å². The SMILES string of the molecule is Cl.NC1CCN(C(=O)c2cc3ccccc3s2)C1. The molecule has 1 aliphatic rings. The van der Waals surface area contributed by atoms with E-state index < -0.39 is 0 Å². The van der Waals surface area contributed by atoms with Crippen LogP contribution < -0.4 is 5.73 Å². The number of rotatable bonds is 1. The van der Waals surface area contributed by atoms with E-state index in [4.69, 9.17) is 5.73 Å². The third-order valence-electron chi connectivity index (χ3n) is 3.15. The van der Waals surface area contributed by atoms with Crippen LogP contribution in [0.4, 0.5) is 0 Å². The van der Waals surface area contributed by atoms with Gasteiger partial charge in [0.25, 0.3) is 5.91 Å². The van der Waals surface area contributed by atoms with E-state index in [2.05, 4.69) is 0 Å². The fourth-order valence-corrected chi connectivity index (χ4v) is 3.25. The molecule has 1 aromatic heterocycles. The first kappa shape index (κ1) is 13.3. The van der Waals surface area contributed by atoms with E-state index >= 15 is 0 Å². The van der Waals surface area contributed by atoms with E-state index in [1.54, 1.807) is 11.3 Å². The predicted octanol–water partition coefficient (Wildman–Crippen LogP) is 2.50. The van der Waals surface area contributed by atoms with Crippen molar-refractivity contribution in [3.8, 4) is 0 Å². The molecule has 96 valence electrons. The average molecular weight is 283 g/mol. The molecule has 18 heavy (non-hydrogen) atoms. The van der Waals surface area contributed by atoms with Crippen LogP contribution in [0.15, 0.2) is 30.3 Å². The smallest absolute Gasteiger partial charge is 0.264 e. The van der Waals surface area contributed by atoms with Gasteiger partial charge in [0, 0.05) is 23.8 Å². The number of nitrogens with two attached hydrogens (primary N) is 1. The summed E-state index contributed by atoms with van der Waals surface area (Å²) in [6.45, 7) is 1.47. The molecule has 1 aliphatic heterocycles. The number of carbonyl (C=O) groups excluding carboxylic acids is 1. The Morgan fingerprint density at radius 3 is 2.83 bits per heavy atom. The van der Waals surface area contributed by atoms with Gasteiger partial charge in [-0.05, 0) is 23.9 Å². The Labute approximate surface area is 116 Å². The van der Waals surface area contributed by atoms with Crippen LogP contribution in [-0.4, -0.2) is 29.9 Å². The Hall–Kier alpha value is -1.10. The van der Waals surface area contributed by atoms with Crippen molar-refractivity contribution in [1.82, 2.24) is 4.90 Å². The van der Waals surface area contributed by atoms with E-state index in [9.17, 15) is 4.79 Å². The van der Waals surface area contributed by atoms with E-state index in [0.29, 0.717) is 6.54 Å². The van der Waals surface area contributed by atoms with Crippen molar-refractivity contribution >= 4 is 39.7 Å². The lowest BCUT2D eigenvalue weighted by Gasteiger charge is -2.13. The maximum absolute atomic E-state index is 12.2. The van der Waals surface area contributed by atoms with Gasteiger partial charge in [0.15, 0.2) is 0 Å². The van der Waals surface area contributed by atoms with Gasteiger partial charge in [0.1, 0.15) is 0 Å². The molecule has 0 radical (unpaired) electrons. The number of carbonyl (C=O) groups is 1. The van der Waals surface area contributed by atoms with Crippen molar-refractivity contribution in [3.63, 3.8) is 0 Å². The summed E-state index contributed by atoms with van der Waals surface area (Å²) in [7, 11) is 0. The highest BCUT2D eigenvalue weighted by Crippen LogP contribution is 2.27. The molecule has 0 bridgehead atoms. The molecule has 2 heterocycles. The number of hydrogen-bond donors (Lipinski definition) is 1. The molecular formula is C13H15ClN2OS. The van der Waals surface area contributed by atoms with Crippen LogP contribution in [0.25, 0.3) is 10.1 Å². The molecular weight excluding hydrogens is 268 g/mol. The Balaban J connectivity index is 0.00000120. The summed E-state index contributed by atoms with van der Waals surface area (Å²) in [4.78, 5) is 14.9. The van der Waals surface area contributed by atoms with Gasteiger partial charge in [-0.3, -0.25) is 4.79 Å². The van der Waals surface area contributed by atoms with Gasteiger partial charge in [0.05, 0.1) is 4.88 Å². The molecule has 0 saturated carbocycles. The summed E-state index contributed by atoms with van der Waals surface area (Å²) >= 11 is 1.56. The monoisotopic (exact) mass is 282 g/mol. The van der Waals surface area contributed by atoms with Gasteiger partial charge in [-0.2, -0.15) is 0 Å². The second-order valence-electron chi connectivity index (χ2n) is 4.45. The summed E-state index contributed by atoms with van der Waals surface area (Å²) in [5.41, 5.74) is 5.83. The van der Waals surface area contributed by atoms with Crippen molar-refractivity contribution in [2.75, 3.05) is 13.1 Å². The van der Waals surface area contributed by atoms with Crippen molar-refractivity contribution in [3.05, 3.63) is 35.2 Å². The quantitative estimate of drug-likeness (QED) is 0.873. The normalized spacial score (nSPS) is 18.9. The maximum Gasteiger partial charge on any atom is 0.264 e. The van der Waals surface area contributed by atoms with Crippen LogP contribution in [0.1, 0.15) is 16.1 Å². The minimum Gasteiger partial charge on any atom is -0.336 e. The van der Waals surface area contributed by atoms with Crippen molar-refractivity contribution in [1.29, 1.82) is 0 Å². The average Bonchev–Trinajstić information content (AvgIpc) is 2.93. The lowest BCUT2D eigenvalue weighted by Crippen LogP contribution is -2.31. The Morgan fingerprint density at radius 1 is 1.39 bits per heavy atom. The highest BCUT2D eigenvalue weighted by molar-refractivity contribution is 7.20. The molecule has 1 atom stereocenters. The lowest BCUT2D eigenvalue weighted by atomic mass is 10.2.